The number of carbonyl (C=O) groups excluding carboxylic acids is 1. The van der Waals surface area contributed by atoms with Gasteiger partial charge in [-0.25, -0.2) is 4.79 Å². The number of hydrogen-bond donors (Lipinski definition) is 0. The summed E-state index contributed by atoms with van der Waals surface area (Å²) in [7, 11) is 2.14. The Hall–Kier alpha value is -3.35. The minimum Gasteiger partial charge on any atom is -0.475 e. The third-order valence-corrected chi connectivity index (χ3v) is 9.49. The van der Waals surface area contributed by atoms with Crippen molar-refractivity contribution in [2.24, 2.45) is 0 Å². The molecule has 5 heterocycles. The van der Waals surface area contributed by atoms with Gasteiger partial charge in [0, 0.05) is 44.3 Å². The molecule has 1 aromatic carbocycles. The lowest BCUT2D eigenvalue weighted by Crippen LogP contribution is -2.63. The largest absolute Gasteiger partial charge is 0.475 e. The SMILES string of the molecule is CN1CCC[C@H]1COc1nc(N2C[C@H]3CCC[C@@H](C2)N3C(=O)OC(C)(C)C)c2c(c1C#N)CN(Cc1ccccc1)CC2. The maximum atomic E-state index is 13.3. The van der Waals surface area contributed by atoms with Crippen LogP contribution in [0.25, 0.3) is 0 Å². The van der Waals surface area contributed by atoms with Crippen molar-refractivity contribution < 1.29 is 14.3 Å². The van der Waals surface area contributed by atoms with Crippen LogP contribution in [-0.2, 0) is 24.2 Å². The van der Waals surface area contributed by atoms with Gasteiger partial charge in [0.15, 0.2) is 0 Å². The van der Waals surface area contributed by atoms with Gasteiger partial charge in [-0.05, 0) is 84.0 Å². The highest BCUT2D eigenvalue weighted by atomic mass is 16.6. The maximum absolute atomic E-state index is 13.3. The Bertz CT molecular complexity index is 1340. The Morgan fingerprint density at radius 3 is 2.44 bits per heavy atom. The summed E-state index contributed by atoms with van der Waals surface area (Å²) in [6, 6.07) is 13.5. The van der Waals surface area contributed by atoms with E-state index in [2.05, 4.69) is 52.1 Å². The van der Waals surface area contributed by atoms with E-state index in [1.165, 1.54) is 5.56 Å². The van der Waals surface area contributed by atoms with Crippen molar-refractivity contribution in [2.45, 2.75) is 96.1 Å². The molecule has 1 aromatic heterocycles. The molecule has 1 amide bonds. The Labute approximate surface area is 256 Å². The first-order valence-corrected chi connectivity index (χ1v) is 16.0. The zero-order valence-electron chi connectivity index (χ0n) is 26.2. The van der Waals surface area contributed by atoms with Gasteiger partial charge in [0.25, 0.3) is 0 Å². The molecule has 0 saturated carbocycles. The number of carbonyl (C=O) groups is 1. The van der Waals surface area contributed by atoms with E-state index in [0.717, 1.165) is 75.1 Å². The lowest BCUT2D eigenvalue weighted by atomic mass is 9.90. The topological polar surface area (TPSA) is 85.2 Å². The van der Waals surface area contributed by atoms with E-state index in [0.29, 0.717) is 43.7 Å². The Morgan fingerprint density at radius 1 is 1.05 bits per heavy atom. The highest BCUT2D eigenvalue weighted by Crippen LogP contribution is 2.39. The van der Waals surface area contributed by atoms with E-state index < -0.39 is 5.60 Å². The van der Waals surface area contributed by atoms with Crippen molar-refractivity contribution in [3.63, 3.8) is 0 Å². The molecule has 9 heteroatoms. The van der Waals surface area contributed by atoms with Gasteiger partial charge in [0.2, 0.25) is 5.88 Å². The number of likely N-dealkylation sites (tertiary alicyclic amines) is 1. The average Bonchev–Trinajstić information content (AvgIpc) is 3.38. The van der Waals surface area contributed by atoms with Crippen LogP contribution in [0.5, 0.6) is 5.88 Å². The highest BCUT2D eigenvalue weighted by molar-refractivity contribution is 5.70. The first-order chi connectivity index (χ1) is 20.7. The molecule has 2 aromatic rings. The molecule has 2 bridgehead atoms. The number of anilines is 1. The number of likely N-dealkylation sites (N-methyl/N-ethyl adjacent to an activating group) is 1. The zero-order valence-corrected chi connectivity index (χ0v) is 26.2. The molecule has 4 aliphatic rings. The van der Waals surface area contributed by atoms with E-state index in [4.69, 9.17) is 14.5 Å². The predicted molar refractivity (Wildman–Crippen MR) is 166 cm³/mol. The van der Waals surface area contributed by atoms with E-state index >= 15 is 0 Å². The van der Waals surface area contributed by atoms with Gasteiger partial charge in [-0.15, -0.1) is 0 Å². The van der Waals surface area contributed by atoms with Gasteiger partial charge in [-0.1, -0.05) is 30.3 Å². The third-order valence-electron chi connectivity index (χ3n) is 9.49. The maximum Gasteiger partial charge on any atom is 0.410 e. The molecular formula is C34H46N6O3. The number of amides is 1. The fourth-order valence-corrected chi connectivity index (χ4v) is 7.36. The van der Waals surface area contributed by atoms with E-state index in [-0.39, 0.29) is 18.2 Å². The van der Waals surface area contributed by atoms with Crippen LogP contribution in [0.4, 0.5) is 10.6 Å². The number of nitriles is 1. The number of pyridine rings is 1. The molecule has 3 fully saturated rings. The summed E-state index contributed by atoms with van der Waals surface area (Å²) in [5.74, 6) is 1.39. The number of ether oxygens (including phenoxy) is 2. The summed E-state index contributed by atoms with van der Waals surface area (Å²) >= 11 is 0. The summed E-state index contributed by atoms with van der Waals surface area (Å²) < 4.78 is 12.3. The number of nitrogens with zero attached hydrogens (tertiary/aromatic N) is 6. The molecule has 0 spiro atoms. The Balaban J connectivity index is 1.31. The van der Waals surface area contributed by atoms with Gasteiger partial charge in [-0.2, -0.15) is 10.2 Å². The van der Waals surface area contributed by atoms with Crippen molar-refractivity contribution in [1.29, 1.82) is 5.26 Å². The van der Waals surface area contributed by atoms with E-state index in [1.807, 2.05) is 31.7 Å². The van der Waals surface area contributed by atoms with Crippen LogP contribution in [0.3, 0.4) is 0 Å². The molecule has 0 radical (unpaired) electrons. The van der Waals surface area contributed by atoms with Crippen molar-refractivity contribution >= 4 is 11.9 Å². The third kappa shape index (κ3) is 6.46. The summed E-state index contributed by atoms with van der Waals surface area (Å²) in [5, 5.41) is 10.4. The van der Waals surface area contributed by atoms with Gasteiger partial charge >= 0.3 is 6.09 Å². The standard InChI is InChI=1S/C34H46N6O3/c1-34(2,3)43-33(41)40-25-12-8-13-26(40)21-39(20-25)31-28-15-17-38(19-24-10-6-5-7-11-24)22-30(28)29(18-35)32(36-31)42-23-27-14-9-16-37(27)4/h5-7,10-11,25-27H,8-9,12-17,19-23H2,1-4H3/t25-,26+,27-/m0/s1. The molecule has 3 atom stereocenters. The number of aromatic nitrogens is 1. The smallest absolute Gasteiger partial charge is 0.410 e. The van der Waals surface area contributed by atoms with Crippen LogP contribution < -0.4 is 9.64 Å². The second-order valence-electron chi connectivity index (χ2n) is 13.7. The first kappa shape index (κ1) is 29.7. The van der Waals surface area contributed by atoms with Crippen molar-refractivity contribution in [3.05, 3.63) is 52.6 Å². The van der Waals surface area contributed by atoms with Crippen LogP contribution >= 0.6 is 0 Å². The molecule has 0 N–H and O–H groups in total. The van der Waals surface area contributed by atoms with Crippen molar-refractivity contribution in [2.75, 3.05) is 44.7 Å². The monoisotopic (exact) mass is 586 g/mol. The molecular weight excluding hydrogens is 540 g/mol. The fourth-order valence-electron chi connectivity index (χ4n) is 7.36. The normalized spacial score (nSPS) is 24.4. The van der Waals surface area contributed by atoms with E-state index in [9.17, 15) is 10.1 Å². The van der Waals surface area contributed by atoms with Gasteiger partial charge < -0.3 is 19.3 Å². The summed E-state index contributed by atoms with van der Waals surface area (Å²) in [4.78, 5) is 27.5. The molecule has 9 nitrogen and oxygen atoms in total. The predicted octanol–water partition coefficient (Wildman–Crippen LogP) is 4.96. The number of rotatable bonds is 6. The molecule has 43 heavy (non-hydrogen) atoms. The minimum atomic E-state index is -0.526. The summed E-state index contributed by atoms with van der Waals surface area (Å²) in [5.41, 5.74) is 3.52. The quantitative estimate of drug-likeness (QED) is 0.470. The summed E-state index contributed by atoms with van der Waals surface area (Å²) in [6.45, 7) is 11.2. The van der Waals surface area contributed by atoms with Gasteiger partial charge in [-0.3, -0.25) is 9.80 Å². The number of benzene rings is 1. The number of piperidine rings is 1. The fraction of sp³-hybridized carbons (Fsp3) is 0.618. The van der Waals surface area contributed by atoms with Crippen LogP contribution in [0.1, 0.15) is 75.1 Å². The minimum absolute atomic E-state index is 0.0742. The number of hydrogen-bond acceptors (Lipinski definition) is 8. The van der Waals surface area contributed by atoms with Gasteiger partial charge in [0.05, 0.1) is 12.1 Å². The zero-order chi connectivity index (χ0) is 30.1. The van der Waals surface area contributed by atoms with Gasteiger partial charge in [0.1, 0.15) is 29.7 Å². The van der Waals surface area contributed by atoms with Crippen LogP contribution in [0.15, 0.2) is 30.3 Å². The van der Waals surface area contributed by atoms with Crippen LogP contribution in [0, 0.1) is 11.3 Å². The Morgan fingerprint density at radius 2 is 1.79 bits per heavy atom. The van der Waals surface area contributed by atoms with Crippen molar-refractivity contribution in [3.8, 4) is 11.9 Å². The van der Waals surface area contributed by atoms with E-state index in [1.54, 1.807) is 0 Å². The Kier molecular flexibility index (Phi) is 8.52. The lowest BCUT2D eigenvalue weighted by molar-refractivity contribution is -0.00981. The van der Waals surface area contributed by atoms with Crippen molar-refractivity contribution in [1.82, 2.24) is 19.7 Å². The molecule has 0 aliphatic carbocycles. The lowest BCUT2D eigenvalue weighted by Gasteiger charge is -2.50. The second kappa shape index (κ2) is 12.3. The van der Waals surface area contributed by atoms with Crippen LogP contribution in [-0.4, -0.2) is 89.3 Å². The molecule has 4 aliphatic heterocycles. The van der Waals surface area contributed by atoms with Crippen LogP contribution in [0.2, 0.25) is 0 Å². The molecule has 3 saturated heterocycles. The number of piperazine rings is 1. The highest BCUT2D eigenvalue weighted by Gasteiger charge is 2.43. The molecule has 230 valence electrons. The summed E-state index contributed by atoms with van der Waals surface area (Å²) in [6.07, 6.45) is 5.89. The molecule has 6 rings (SSSR count). The average molecular weight is 587 g/mol. The molecule has 0 unspecified atom stereocenters. The number of fused-ring (bicyclic) bond motifs is 3. The first-order valence-electron chi connectivity index (χ1n) is 16.0. The second-order valence-corrected chi connectivity index (χ2v) is 13.7.